The van der Waals surface area contributed by atoms with Gasteiger partial charge in [0.05, 0.1) is 0 Å². The van der Waals surface area contributed by atoms with E-state index in [9.17, 15) is 4.79 Å². The Hall–Kier alpha value is -2.82. The number of carbonyl (C=O) groups is 1. The second kappa shape index (κ2) is 8.90. The van der Waals surface area contributed by atoms with Gasteiger partial charge in [0.1, 0.15) is 0 Å². The number of imidazole rings is 1. The fourth-order valence-electron chi connectivity index (χ4n) is 3.66. The molecule has 4 nitrogen and oxygen atoms in total. The van der Waals surface area contributed by atoms with E-state index in [0.29, 0.717) is 15.9 Å². The molecule has 1 aromatic heterocycles. The molecule has 0 bridgehead atoms. The summed E-state index contributed by atoms with van der Waals surface area (Å²) in [7, 11) is 0. The van der Waals surface area contributed by atoms with Crippen LogP contribution in [0, 0.1) is 0 Å². The lowest BCUT2D eigenvalue weighted by atomic mass is 9.86. The van der Waals surface area contributed by atoms with Crippen molar-refractivity contribution in [3.05, 3.63) is 99.8 Å². The fraction of sp³-hybridized carbons (Fsp3) is 0.167. The first-order valence-electron chi connectivity index (χ1n) is 9.80. The Morgan fingerprint density at radius 3 is 2.27 bits per heavy atom. The van der Waals surface area contributed by atoms with Crippen LogP contribution in [0.1, 0.15) is 34.6 Å². The topological polar surface area (TPSA) is 59.0 Å². The number of H-pyrrole nitrogens is 2. The minimum atomic E-state index is -0.172. The maximum Gasteiger partial charge on any atom is 0.344 e. The normalized spacial score (nSPS) is 13.2. The van der Waals surface area contributed by atoms with Crippen molar-refractivity contribution in [1.29, 1.82) is 0 Å². The number of aromatic amines is 2. The standard InChI is InChI=1S/C24H21Cl2N3O/c1-15(27-24(30)23-28-21-4-2-3-5-22(21)29-23)20(17-8-12-19(26)13-9-17)14-16-6-10-18(25)11-7-16/h2-13,15,20H,14H2,1H3,(H,27,30)(H,28,29)/p+1/t15-,20+/m1/s1. The van der Waals surface area contributed by atoms with E-state index >= 15 is 0 Å². The Kier molecular flexibility index (Phi) is 6.07. The Morgan fingerprint density at radius 2 is 1.60 bits per heavy atom. The Morgan fingerprint density at radius 1 is 0.967 bits per heavy atom. The summed E-state index contributed by atoms with van der Waals surface area (Å²) in [6, 6.07) is 23.2. The van der Waals surface area contributed by atoms with Crippen LogP contribution < -0.4 is 10.3 Å². The van der Waals surface area contributed by atoms with Crippen molar-refractivity contribution in [3.63, 3.8) is 0 Å². The molecule has 0 radical (unpaired) electrons. The van der Waals surface area contributed by atoms with Crippen molar-refractivity contribution in [2.24, 2.45) is 0 Å². The third kappa shape index (κ3) is 4.66. The summed E-state index contributed by atoms with van der Waals surface area (Å²) in [5.74, 6) is 0.329. The molecule has 0 saturated carbocycles. The molecular formula is C24H22Cl2N3O+. The van der Waals surface area contributed by atoms with Gasteiger partial charge in [-0.2, -0.15) is 0 Å². The summed E-state index contributed by atoms with van der Waals surface area (Å²) in [4.78, 5) is 19.2. The molecule has 4 aromatic rings. The quantitative estimate of drug-likeness (QED) is 0.413. The number of aromatic nitrogens is 2. The van der Waals surface area contributed by atoms with Gasteiger partial charge in [-0.05, 0) is 60.9 Å². The third-order valence-electron chi connectivity index (χ3n) is 5.30. The third-order valence-corrected chi connectivity index (χ3v) is 5.81. The summed E-state index contributed by atoms with van der Waals surface area (Å²) in [6.45, 7) is 2.02. The summed E-state index contributed by atoms with van der Waals surface area (Å²) >= 11 is 12.1. The molecule has 0 aliphatic heterocycles. The molecule has 0 saturated heterocycles. The molecule has 2 atom stereocenters. The zero-order chi connectivity index (χ0) is 21.1. The minimum absolute atomic E-state index is 0.0665. The zero-order valence-electron chi connectivity index (χ0n) is 16.5. The van der Waals surface area contributed by atoms with Gasteiger partial charge >= 0.3 is 11.7 Å². The number of rotatable bonds is 6. The molecule has 152 valence electrons. The van der Waals surface area contributed by atoms with Crippen LogP contribution in [0.2, 0.25) is 10.0 Å². The van der Waals surface area contributed by atoms with Gasteiger partial charge in [0.15, 0.2) is 11.0 Å². The second-order valence-corrected chi connectivity index (χ2v) is 8.29. The lowest BCUT2D eigenvalue weighted by molar-refractivity contribution is -0.349. The second-order valence-electron chi connectivity index (χ2n) is 7.42. The summed E-state index contributed by atoms with van der Waals surface area (Å²) in [5.41, 5.74) is 4.05. The number of fused-ring (bicyclic) bond motifs is 1. The van der Waals surface area contributed by atoms with E-state index in [2.05, 4.69) is 15.3 Å². The number of carbonyl (C=O) groups excluding carboxylic acids is 1. The first-order chi connectivity index (χ1) is 14.5. The number of amides is 1. The fourth-order valence-corrected chi connectivity index (χ4v) is 3.91. The zero-order valence-corrected chi connectivity index (χ0v) is 18.0. The van der Waals surface area contributed by atoms with Gasteiger partial charge in [0.25, 0.3) is 0 Å². The monoisotopic (exact) mass is 438 g/mol. The van der Waals surface area contributed by atoms with E-state index in [4.69, 9.17) is 23.2 Å². The van der Waals surface area contributed by atoms with E-state index in [0.717, 1.165) is 28.6 Å². The van der Waals surface area contributed by atoms with Gasteiger partial charge in [-0.3, -0.25) is 4.79 Å². The molecule has 0 unspecified atom stereocenters. The predicted octanol–water partition coefficient (Wildman–Crippen LogP) is 5.43. The average molecular weight is 439 g/mol. The SMILES string of the molecule is C[C@@H](NC(=O)c1[nH]c2ccccc2[nH+]1)[C@H](Cc1ccc(Cl)cc1)c1ccc(Cl)cc1. The largest absolute Gasteiger partial charge is 0.344 e. The molecule has 1 heterocycles. The molecule has 0 aliphatic carbocycles. The van der Waals surface area contributed by atoms with Crippen LogP contribution in [0.4, 0.5) is 0 Å². The van der Waals surface area contributed by atoms with E-state index in [-0.39, 0.29) is 17.9 Å². The van der Waals surface area contributed by atoms with Gasteiger partial charge in [-0.1, -0.05) is 59.6 Å². The molecule has 3 N–H and O–H groups in total. The van der Waals surface area contributed by atoms with E-state index in [1.807, 2.05) is 79.7 Å². The summed E-state index contributed by atoms with van der Waals surface area (Å²) in [6.07, 6.45) is 0.761. The van der Waals surface area contributed by atoms with Crippen LogP contribution in [-0.4, -0.2) is 16.9 Å². The van der Waals surface area contributed by atoms with Crippen molar-refractivity contribution in [2.75, 3.05) is 0 Å². The number of hydrogen-bond donors (Lipinski definition) is 2. The van der Waals surface area contributed by atoms with Crippen LogP contribution in [0.3, 0.4) is 0 Å². The van der Waals surface area contributed by atoms with Crippen LogP contribution in [0.15, 0.2) is 72.8 Å². The average Bonchev–Trinajstić information content (AvgIpc) is 3.18. The number of benzene rings is 3. The highest BCUT2D eigenvalue weighted by Gasteiger charge is 2.25. The molecule has 4 rings (SSSR count). The molecular weight excluding hydrogens is 417 g/mol. The van der Waals surface area contributed by atoms with Crippen molar-refractivity contribution in [2.45, 2.75) is 25.3 Å². The first-order valence-corrected chi connectivity index (χ1v) is 10.6. The highest BCUT2D eigenvalue weighted by atomic mass is 35.5. The maximum absolute atomic E-state index is 12.9. The van der Waals surface area contributed by atoms with Crippen LogP contribution >= 0.6 is 23.2 Å². The number of halogens is 2. The molecule has 0 aliphatic rings. The maximum atomic E-state index is 12.9. The van der Waals surface area contributed by atoms with Crippen LogP contribution in [0.5, 0.6) is 0 Å². The first kappa shape index (κ1) is 20.5. The Labute approximate surface area is 185 Å². The van der Waals surface area contributed by atoms with Gasteiger partial charge in [0.2, 0.25) is 0 Å². The van der Waals surface area contributed by atoms with Crippen molar-refractivity contribution in [3.8, 4) is 0 Å². The molecule has 3 aromatic carbocycles. The van der Waals surface area contributed by atoms with Crippen LogP contribution in [0.25, 0.3) is 11.0 Å². The van der Waals surface area contributed by atoms with Crippen molar-refractivity contribution in [1.82, 2.24) is 10.3 Å². The smallest absolute Gasteiger partial charge is 0.342 e. The van der Waals surface area contributed by atoms with Crippen molar-refractivity contribution < 1.29 is 9.78 Å². The number of para-hydroxylation sites is 2. The number of nitrogens with one attached hydrogen (secondary N) is 3. The van der Waals surface area contributed by atoms with Crippen molar-refractivity contribution >= 4 is 40.1 Å². The highest BCUT2D eigenvalue weighted by molar-refractivity contribution is 6.30. The van der Waals surface area contributed by atoms with E-state index in [1.165, 1.54) is 0 Å². The predicted molar refractivity (Wildman–Crippen MR) is 121 cm³/mol. The van der Waals surface area contributed by atoms with Crippen LogP contribution in [-0.2, 0) is 6.42 Å². The lowest BCUT2D eigenvalue weighted by Crippen LogP contribution is -2.40. The van der Waals surface area contributed by atoms with E-state index in [1.54, 1.807) is 0 Å². The summed E-state index contributed by atoms with van der Waals surface area (Å²) in [5, 5.41) is 4.54. The van der Waals surface area contributed by atoms with E-state index < -0.39 is 0 Å². The Bertz CT molecular complexity index is 1120. The minimum Gasteiger partial charge on any atom is -0.342 e. The number of hydrogen-bond acceptors (Lipinski definition) is 1. The Balaban J connectivity index is 1.57. The van der Waals surface area contributed by atoms with Gasteiger partial charge in [-0.25, -0.2) is 9.97 Å². The molecule has 0 spiro atoms. The van der Waals surface area contributed by atoms with Gasteiger partial charge in [-0.15, -0.1) is 0 Å². The van der Waals surface area contributed by atoms with Gasteiger partial charge < -0.3 is 5.32 Å². The molecule has 1 amide bonds. The lowest BCUT2D eigenvalue weighted by Gasteiger charge is -2.25. The molecule has 30 heavy (non-hydrogen) atoms. The van der Waals surface area contributed by atoms with Gasteiger partial charge in [0, 0.05) is 22.0 Å². The molecule has 6 heteroatoms. The highest BCUT2D eigenvalue weighted by Crippen LogP contribution is 2.27. The summed E-state index contributed by atoms with van der Waals surface area (Å²) < 4.78 is 0. The molecule has 0 fully saturated rings.